The van der Waals surface area contributed by atoms with Gasteiger partial charge in [-0.1, -0.05) is 133 Å². The van der Waals surface area contributed by atoms with Gasteiger partial charge >= 0.3 is 0 Å². The lowest BCUT2D eigenvalue weighted by Gasteiger charge is -2.18. The van der Waals surface area contributed by atoms with Crippen LogP contribution in [0.5, 0.6) is 0 Å². The Kier molecular flexibility index (Phi) is 3.59. The molecule has 0 aliphatic rings. The quantitative estimate of drug-likeness (QED) is 0.188. The molecular formula is C43H28N2. The normalized spacial score (nSPS) is 15.6. The third-order valence-electron chi connectivity index (χ3n) is 8.09. The molecule has 0 aliphatic carbocycles. The van der Waals surface area contributed by atoms with Crippen molar-refractivity contribution in [3.63, 3.8) is 0 Å². The van der Waals surface area contributed by atoms with E-state index in [0.717, 1.165) is 10.8 Å². The van der Waals surface area contributed by atoms with Gasteiger partial charge in [0, 0.05) is 11.3 Å². The van der Waals surface area contributed by atoms with Crippen LogP contribution in [0.15, 0.2) is 170 Å². The van der Waals surface area contributed by atoms with Crippen LogP contribution in [0, 0.1) is 0 Å². The molecule has 0 atom stereocenters. The number of rotatable bonds is 4. The lowest BCUT2D eigenvalue weighted by molar-refractivity contribution is 1.10. The van der Waals surface area contributed by atoms with Crippen LogP contribution in [0.2, 0.25) is 0 Å². The third-order valence-corrected chi connectivity index (χ3v) is 8.09. The molecule has 0 saturated carbocycles. The largest absolute Gasteiger partial charge is 0.292 e. The topological polar surface area (TPSA) is 17.8 Å². The number of fused-ring (bicyclic) bond motifs is 4. The summed E-state index contributed by atoms with van der Waals surface area (Å²) in [6, 6.07) is 20.6. The summed E-state index contributed by atoms with van der Waals surface area (Å²) < 4.78 is 117. The van der Waals surface area contributed by atoms with Gasteiger partial charge in [-0.15, -0.1) is 0 Å². The first-order valence-corrected chi connectivity index (χ1v) is 14.3. The third kappa shape index (κ3) is 4.15. The molecule has 0 bridgehead atoms. The van der Waals surface area contributed by atoms with E-state index in [0.29, 0.717) is 27.7 Å². The smallest absolute Gasteiger partial charge is 0.145 e. The predicted octanol–water partition coefficient (Wildman–Crippen LogP) is 11.5. The van der Waals surface area contributed by atoms with Crippen LogP contribution in [0.25, 0.3) is 82.7 Å². The van der Waals surface area contributed by atoms with Gasteiger partial charge in [-0.25, -0.2) is 4.98 Å². The molecule has 45 heavy (non-hydrogen) atoms. The van der Waals surface area contributed by atoms with Gasteiger partial charge in [0.25, 0.3) is 0 Å². The van der Waals surface area contributed by atoms with E-state index in [1.54, 1.807) is 54.6 Å². The zero-order valence-electron chi connectivity index (χ0n) is 36.6. The molecule has 9 rings (SSSR count). The lowest BCUT2D eigenvalue weighted by atomic mass is 9.85. The molecule has 2 nitrogen and oxygen atoms in total. The molecule has 0 spiro atoms. The van der Waals surface area contributed by atoms with Gasteiger partial charge in [-0.3, -0.25) is 4.57 Å². The monoisotopic (exact) mass is 585 g/mol. The summed E-state index contributed by atoms with van der Waals surface area (Å²) in [4.78, 5) is 4.86. The average Bonchev–Trinajstić information content (AvgIpc) is 3.62. The van der Waals surface area contributed by atoms with Gasteiger partial charge in [-0.05, 0) is 90.9 Å². The molecule has 0 unspecified atom stereocenters. The highest BCUT2D eigenvalue weighted by Crippen LogP contribution is 2.44. The van der Waals surface area contributed by atoms with Crippen molar-refractivity contribution >= 4 is 43.4 Å². The Bertz CT molecular complexity index is 3170. The maximum absolute atomic E-state index is 9.35. The summed E-state index contributed by atoms with van der Waals surface area (Å²) in [5, 5.41) is 1.97. The Hall–Kier alpha value is -5.99. The Morgan fingerprint density at radius 2 is 1.04 bits per heavy atom. The average molecular weight is 586 g/mol. The number of aromatic nitrogens is 2. The molecule has 0 amide bonds. The van der Waals surface area contributed by atoms with Crippen molar-refractivity contribution in [2.45, 2.75) is 0 Å². The molecule has 1 heterocycles. The van der Waals surface area contributed by atoms with E-state index in [4.69, 9.17) is 17.3 Å². The second kappa shape index (κ2) is 10.3. The first-order chi connectivity index (χ1) is 27.7. The molecule has 1 aromatic heterocycles. The number of benzene rings is 8. The SMILES string of the molecule is [2H]c1c([2H])c([2H])c(-n2c(-c3cccc(-c4c5c([2H])c([2H])c([2H])c([2H])c5c(-c5ccc6ccccc6c5)c5c([2H])c([2H])c([2H])c([2H])c45)c3)nc3ccccc32)c([2H])c1[2H]. The molecular weight excluding hydrogens is 544 g/mol. The molecule has 9 aromatic rings. The first-order valence-electron chi connectivity index (χ1n) is 20.8. The number of para-hydroxylation sites is 3. The molecule has 0 aliphatic heterocycles. The van der Waals surface area contributed by atoms with E-state index >= 15 is 0 Å². The van der Waals surface area contributed by atoms with Crippen molar-refractivity contribution in [3.8, 4) is 39.3 Å². The highest BCUT2D eigenvalue weighted by Gasteiger charge is 2.19. The maximum atomic E-state index is 9.35. The van der Waals surface area contributed by atoms with E-state index in [-0.39, 0.29) is 56.3 Å². The summed E-state index contributed by atoms with van der Waals surface area (Å²) >= 11 is 0. The van der Waals surface area contributed by atoms with E-state index in [1.807, 2.05) is 36.4 Å². The minimum atomic E-state index is -0.549. The highest BCUT2D eigenvalue weighted by atomic mass is 15.1. The second-order valence-electron chi connectivity index (χ2n) is 10.6. The fourth-order valence-corrected chi connectivity index (χ4v) is 6.16. The zero-order chi connectivity index (χ0) is 41.1. The van der Waals surface area contributed by atoms with Crippen molar-refractivity contribution in [2.75, 3.05) is 0 Å². The number of hydrogen-bond acceptors (Lipinski definition) is 1. The van der Waals surface area contributed by atoms with Crippen molar-refractivity contribution in [2.24, 2.45) is 0 Å². The van der Waals surface area contributed by atoms with Crippen molar-refractivity contribution < 1.29 is 17.8 Å². The summed E-state index contributed by atoms with van der Waals surface area (Å²) in [5.74, 6) is 0.201. The van der Waals surface area contributed by atoms with Crippen molar-refractivity contribution in [1.29, 1.82) is 0 Å². The summed E-state index contributed by atoms with van der Waals surface area (Å²) in [6.45, 7) is 0. The Balaban J connectivity index is 1.45. The lowest BCUT2D eigenvalue weighted by Crippen LogP contribution is -1.97. The minimum Gasteiger partial charge on any atom is -0.292 e. The van der Waals surface area contributed by atoms with Crippen molar-refractivity contribution in [1.82, 2.24) is 9.55 Å². The van der Waals surface area contributed by atoms with Gasteiger partial charge < -0.3 is 0 Å². The summed E-state index contributed by atoms with van der Waals surface area (Å²) in [6.07, 6.45) is 0. The van der Waals surface area contributed by atoms with Crippen LogP contribution in [-0.2, 0) is 0 Å². The van der Waals surface area contributed by atoms with E-state index in [9.17, 15) is 5.48 Å². The predicted molar refractivity (Wildman–Crippen MR) is 190 cm³/mol. The highest BCUT2D eigenvalue weighted by molar-refractivity contribution is 6.21. The van der Waals surface area contributed by atoms with E-state index in [1.165, 1.54) is 4.57 Å². The van der Waals surface area contributed by atoms with E-state index in [2.05, 4.69) is 0 Å². The maximum Gasteiger partial charge on any atom is 0.145 e. The van der Waals surface area contributed by atoms with Crippen LogP contribution < -0.4 is 0 Å². The van der Waals surface area contributed by atoms with Crippen LogP contribution in [-0.4, -0.2) is 9.55 Å². The van der Waals surface area contributed by atoms with Crippen LogP contribution in [0.3, 0.4) is 0 Å². The number of imidazole rings is 1. The van der Waals surface area contributed by atoms with Gasteiger partial charge in [0.2, 0.25) is 0 Å². The summed E-state index contributed by atoms with van der Waals surface area (Å²) in [7, 11) is 0. The Labute approximate surface area is 279 Å². The summed E-state index contributed by atoms with van der Waals surface area (Å²) in [5.41, 5.74) is 2.39. The number of hydrogen-bond donors (Lipinski definition) is 0. The standard InChI is InChI=1S/C43H28N2/c1-2-17-34(18-3-1)45-40-24-11-10-23-39(40)44-43(45)33-16-12-15-31(28-33)41-35-19-6-8-21-37(35)42(38-22-9-7-20-36(38)41)32-26-25-29-13-4-5-14-30(29)27-32/h1-28H/i1D,2D,3D,6D,7D,8D,9D,17D,18D,19D,20D,21D,22D. The second-order valence-corrected chi connectivity index (χ2v) is 10.6. The first kappa shape index (κ1) is 15.7. The van der Waals surface area contributed by atoms with Gasteiger partial charge in [0.05, 0.1) is 28.9 Å². The van der Waals surface area contributed by atoms with Crippen molar-refractivity contribution in [3.05, 3.63) is 170 Å². The number of nitrogens with zero attached hydrogens (tertiary/aromatic N) is 2. The van der Waals surface area contributed by atoms with Gasteiger partial charge in [0.15, 0.2) is 0 Å². The van der Waals surface area contributed by atoms with Gasteiger partial charge in [-0.2, -0.15) is 0 Å². The fraction of sp³-hybridized carbons (Fsp3) is 0. The molecule has 0 saturated heterocycles. The Morgan fingerprint density at radius 3 is 1.76 bits per heavy atom. The van der Waals surface area contributed by atoms with Crippen LogP contribution in [0.4, 0.5) is 0 Å². The minimum absolute atomic E-state index is 0.0444. The molecule has 0 fully saturated rings. The molecule has 210 valence electrons. The van der Waals surface area contributed by atoms with Crippen LogP contribution >= 0.6 is 0 Å². The Morgan fingerprint density at radius 1 is 0.467 bits per heavy atom. The fourth-order valence-electron chi connectivity index (χ4n) is 6.16. The molecule has 2 heteroatoms. The zero-order valence-corrected chi connectivity index (χ0v) is 23.6. The van der Waals surface area contributed by atoms with Gasteiger partial charge in [0.1, 0.15) is 5.82 Å². The molecule has 0 N–H and O–H groups in total. The molecule has 0 radical (unpaired) electrons. The molecule has 8 aromatic carbocycles. The van der Waals surface area contributed by atoms with E-state index < -0.39 is 66.5 Å². The van der Waals surface area contributed by atoms with Crippen LogP contribution in [0.1, 0.15) is 17.8 Å².